The van der Waals surface area contributed by atoms with E-state index in [1.807, 2.05) is 37.3 Å². The summed E-state index contributed by atoms with van der Waals surface area (Å²) >= 11 is 0. The molecule has 0 spiro atoms. The molecule has 1 aliphatic heterocycles. The number of carbonyl (C=O) groups excluding carboxylic acids is 2. The monoisotopic (exact) mass is 338 g/mol. The highest BCUT2D eigenvalue weighted by atomic mass is 16.2. The number of benzene rings is 1. The Balaban J connectivity index is 1.47. The predicted molar refractivity (Wildman–Crippen MR) is 96.5 cm³/mol. The number of anilines is 1. The van der Waals surface area contributed by atoms with Gasteiger partial charge < -0.3 is 15.1 Å². The number of amides is 2. The summed E-state index contributed by atoms with van der Waals surface area (Å²) in [4.78, 5) is 32.5. The Morgan fingerprint density at radius 1 is 1.08 bits per heavy atom. The van der Waals surface area contributed by atoms with Crippen molar-refractivity contribution in [3.8, 4) is 0 Å². The molecule has 130 valence electrons. The number of rotatable bonds is 4. The zero-order valence-electron chi connectivity index (χ0n) is 14.3. The summed E-state index contributed by atoms with van der Waals surface area (Å²) in [6.07, 6.45) is 3.54. The van der Waals surface area contributed by atoms with Gasteiger partial charge in [-0.1, -0.05) is 17.7 Å². The van der Waals surface area contributed by atoms with Crippen LogP contribution in [-0.4, -0.2) is 54.4 Å². The van der Waals surface area contributed by atoms with Crippen LogP contribution in [0.15, 0.2) is 48.8 Å². The van der Waals surface area contributed by atoms with Gasteiger partial charge in [0.25, 0.3) is 5.91 Å². The summed E-state index contributed by atoms with van der Waals surface area (Å²) < 4.78 is 0. The lowest BCUT2D eigenvalue weighted by Crippen LogP contribution is -2.51. The first-order chi connectivity index (χ1) is 12.1. The number of aromatic nitrogens is 1. The maximum absolute atomic E-state index is 12.3. The first-order valence-electron chi connectivity index (χ1n) is 8.41. The first-order valence-corrected chi connectivity index (χ1v) is 8.41. The fourth-order valence-electron chi connectivity index (χ4n) is 2.92. The average Bonchev–Trinajstić information content (AvgIpc) is 2.66. The number of nitrogens with one attached hydrogen (secondary N) is 1. The second-order valence-electron chi connectivity index (χ2n) is 6.13. The lowest BCUT2D eigenvalue weighted by Gasteiger charge is -2.36. The fraction of sp³-hybridized carbons (Fsp3) is 0.316. The molecule has 2 amide bonds. The maximum Gasteiger partial charge on any atom is 0.251 e. The summed E-state index contributed by atoms with van der Waals surface area (Å²) in [7, 11) is 0. The van der Waals surface area contributed by atoms with Crippen LogP contribution in [0.25, 0.3) is 0 Å². The number of hydrogen-bond donors (Lipinski definition) is 1. The van der Waals surface area contributed by atoms with E-state index < -0.39 is 0 Å². The summed E-state index contributed by atoms with van der Waals surface area (Å²) in [5, 5.41) is 2.71. The minimum atomic E-state index is -0.215. The third-order valence-corrected chi connectivity index (χ3v) is 4.34. The number of piperazine rings is 1. The number of hydrogen-bond acceptors (Lipinski definition) is 4. The summed E-state index contributed by atoms with van der Waals surface area (Å²) in [6.45, 7) is 4.83. The van der Waals surface area contributed by atoms with E-state index in [1.54, 1.807) is 23.4 Å². The van der Waals surface area contributed by atoms with Crippen LogP contribution in [0.2, 0.25) is 0 Å². The molecule has 1 aromatic carbocycles. The van der Waals surface area contributed by atoms with Gasteiger partial charge in [-0.3, -0.25) is 14.6 Å². The summed E-state index contributed by atoms with van der Waals surface area (Å²) in [5.41, 5.74) is 2.72. The third-order valence-electron chi connectivity index (χ3n) is 4.34. The van der Waals surface area contributed by atoms with Gasteiger partial charge in [-0.25, -0.2) is 0 Å². The molecule has 1 aliphatic rings. The normalized spacial score (nSPS) is 14.3. The van der Waals surface area contributed by atoms with E-state index in [0.717, 1.165) is 24.3 Å². The van der Waals surface area contributed by atoms with Gasteiger partial charge in [0, 0.05) is 49.8 Å². The second-order valence-corrected chi connectivity index (χ2v) is 6.13. The summed E-state index contributed by atoms with van der Waals surface area (Å²) in [5.74, 6) is -0.261. The topological polar surface area (TPSA) is 65.5 Å². The van der Waals surface area contributed by atoms with E-state index in [4.69, 9.17) is 0 Å². The van der Waals surface area contributed by atoms with Gasteiger partial charge in [0.2, 0.25) is 5.91 Å². The van der Waals surface area contributed by atoms with Crippen LogP contribution in [-0.2, 0) is 4.79 Å². The van der Waals surface area contributed by atoms with Gasteiger partial charge in [-0.15, -0.1) is 0 Å². The van der Waals surface area contributed by atoms with Crippen molar-refractivity contribution in [1.82, 2.24) is 15.2 Å². The fourth-order valence-corrected chi connectivity index (χ4v) is 2.92. The van der Waals surface area contributed by atoms with Gasteiger partial charge in [0.15, 0.2) is 0 Å². The Labute approximate surface area is 147 Å². The van der Waals surface area contributed by atoms with Crippen molar-refractivity contribution in [2.45, 2.75) is 6.92 Å². The molecule has 6 nitrogen and oxygen atoms in total. The van der Waals surface area contributed by atoms with E-state index in [0.29, 0.717) is 18.7 Å². The van der Waals surface area contributed by atoms with E-state index in [1.165, 1.54) is 0 Å². The molecule has 0 saturated carbocycles. The molecule has 0 atom stereocenters. The molecule has 2 aromatic rings. The van der Waals surface area contributed by atoms with Gasteiger partial charge in [-0.05, 0) is 31.2 Å². The van der Waals surface area contributed by atoms with E-state index >= 15 is 0 Å². The molecule has 0 bridgehead atoms. The van der Waals surface area contributed by atoms with Crippen LogP contribution >= 0.6 is 0 Å². The zero-order chi connectivity index (χ0) is 17.6. The maximum atomic E-state index is 12.3. The van der Waals surface area contributed by atoms with E-state index in [-0.39, 0.29) is 18.4 Å². The number of nitrogens with zero attached hydrogens (tertiary/aromatic N) is 3. The van der Waals surface area contributed by atoms with Crippen LogP contribution in [0.4, 0.5) is 5.69 Å². The highest BCUT2D eigenvalue weighted by molar-refractivity contribution is 5.96. The minimum Gasteiger partial charge on any atom is -0.368 e. The molecule has 3 rings (SSSR count). The lowest BCUT2D eigenvalue weighted by molar-refractivity contribution is -0.130. The molecule has 2 heterocycles. The van der Waals surface area contributed by atoms with Crippen molar-refractivity contribution in [3.63, 3.8) is 0 Å². The van der Waals surface area contributed by atoms with E-state index in [9.17, 15) is 9.59 Å². The Kier molecular flexibility index (Phi) is 5.28. The molecular weight excluding hydrogens is 316 g/mol. The highest BCUT2D eigenvalue weighted by Crippen LogP contribution is 2.14. The van der Waals surface area contributed by atoms with Gasteiger partial charge in [0.05, 0.1) is 6.54 Å². The van der Waals surface area contributed by atoms with Crippen molar-refractivity contribution < 1.29 is 9.59 Å². The Bertz CT molecular complexity index is 740. The standard InChI is InChI=1S/C19H22N4O2/c1-15-3-2-4-16(13-15)19(25)21-14-18(24)23-11-9-22(10-12-23)17-5-7-20-8-6-17/h2-8,13H,9-12,14H2,1H3,(H,21,25). The largest absolute Gasteiger partial charge is 0.368 e. The molecule has 1 aromatic heterocycles. The Hall–Kier alpha value is -2.89. The molecule has 25 heavy (non-hydrogen) atoms. The highest BCUT2D eigenvalue weighted by Gasteiger charge is 2.21. The molecule has 1 saturated heterocycles. The first kappa shape index (κ1) is 17.0. The third kappa shape index (κ3) is 4.35. The van der Waals surface area contributed by atoms with Crippen LogP contribution in [0.5, 0.6) is 0 Å². The molecule has 6 heteroatoms. The van der Waals surface area contributed by atoms with Gasteiger partial charge in [-0.2, -0.15) is 0 Å². The number of aryl methyl sites for hydroxylation is 1. The number of pyridine rings is 1. The molecule has 1 N–H and O–H groups in total. The SMILES string of the molecule is Cc1cccc(C(=O)NCC(=O)N2CCN(c3ccncc3)CC2)c1. The quantitative estimate of drug-likeness (QED) is 0.917. The van der Waals surface area contributed by atoms with Gasteiger partial charge >= 0.3 is 0 Å². The Morgan fingerprint density at radius 2 is 1.80 bits per heavy atom. The summed E-state index contributed by atoms with van der Waals surface area (Å²) in [6, 6.07) is 11.3. The van der Waals surface area contributed by atoms with Crippen molar-refractivity contribution in [3.05, 3.63) is 59.9 Å². The van der Waals surface area contributed by atoms with Gasteiger partial charge in [0.1, 0.15) is 0 Å². The molecule has 1 fully saturated rings. The molecule has 0 radical (unpaired) electrons. The smallest absolute Gasteiger partial charge is 0.251 e. The van der Waals surface area contributed by atoms with Crippen molar-refractivity contribution in [1.29, 1.82) is 0 Å². The predicted octanol–water partition coefficient (Wildman–Crippen LogP) is 1.47. The average molecular weight is 338 g/mol. The zero-order valence-corrected chi connectivity index (χ0v) is 14.3. The van der Waals surface area contributed by atoms with Crippen LogP contribution < -0.4 is 10.2 Å². The second kappa shape index (κ2) is 7.79. The van der Waals surface area contributed by atoms with Crippen molar-refractivity contribution in [2.24, 2.45) is 0 Å². The van der Waals surface area contributed by atoms with Crippen LogP contribution in [0.1, 0.15) is 15.9 Å². The molecule has 0 unspecified atom stereocenters. The van der Waals surface area contributed by atoms with Crippen LogP contribution in [0.3, 0.4) is 0 Å². The van der Waals surface area contributed by atoms with Crippen LogP contribution in [0, 0.1) is 6.92 Å². The lowest BCUT2D eigenvalue weighted by atomic mass is 10.1. The Morgan fingerprint density at radius 3 is 2.48 bits per heavy atom. The van der Waals surface area contributed by atoms with Crippen molar-refractivity contribution in [2.75, 3.05) is 37.6 Å². The molecular formula is C19H22N4O2. The van der Waals surface area contributed by atoms with E-state index in [2.05, 4.69) is 15.2 Å². The van der Waals surface area contributed by atoms with Crippen molar-refractivity contribution >= 4 is 17.5 Å². The minimum absolute atomic E-state index is 0.0298. The number of carbonyl (C=O) groups is 2. The molecule has 0 aliphatic carbocycles.